The Balaban J connectivity index is 1.35. The number of aromatic nitrogens is 5. The van der Waals surface area contributed by atoms with Gasteiger partial charge in [-0.3, -0.25) is 0 Å². The molecule has 3 heterocycles. The smallest absolute Gasteiger partial charge is 0.227 e. The van der Waals surface area contributed by atoms with Crippen LogP contribution in [0.4, 0.5) is 11.8 Å². The third kappa shape index (κ3) is 2.59. The van der Waals surface area contributed by atoms with E-state index >= 15 is 0 Å². The van der Waals surface area contributed by atoms with Gasteiger partial charge in [-0.05, 0) is 37.8 Å². The molecule has 1 aliphatic carbocycles. The Bertz CT molecular complexity index is 907. The Morgan fingerprint density at radius 2 is 1.80 bits per heavy atom. The van der Waals surface area contributed by atoms with Crippen LogP contribution in [0.1, 0.15) is 43.5 Å². The first kappa shape index (κ1) is 14.6. The lowest BCUT2D eigenvalue weighted by molar-refractivity contribution is 0.461. The van der Waals surface area contributed by atoms with Gasteiger partial charge in [0.2, 0.25) is 5.95 Å². The van der Waals surface area contributed by atoms with Crippen molar-refractivity contribution >= 4 is 22.7 Å². The second-order valence-corrected chi connectivity index (χ2v) is 7.01. The number of piperidine rings is 1. The number of nitrogens with two attached hydrogens (primary N) is 1. The molecule has 1 aliphatic heterocycles. The van der Waals surface area contributed by atoms with Crippen LogP contribution in [0, 0.1) is 0 Å². The molecule has 0 bridgehead atoms. The van der Waals surface area contributed by atoms with Gasteiger partial charge in [0.1, 0.15) is 18.0 Å². The first-order chi connectivity index (χ1) is 12.3. The van der Waals surface area contributed by atoms with E-state index in [1.54, 1.807) is 0 Å². The topological polar surface area (TPSA) is 85.8 Å². The molecule has 0 spiro atoms. The van der Waals surface area contributed by atoms with Crippen LogP contribution in [0.15, 0.2) is 30.6 Å². The Kier molecular flexibility index (Phi) is 3.33. The predicted octanol–water partition coefficient (Wildman–Crippen LogP) is 2.52. The van der Waals surface area contributed by atoms with E-state index in [0.29, 0.717) is 17.8 Å². The highest BCUT2D eigenvalue weighted by atomic mass is 15.3. The van der Waals surface area contributed by atoms with Gasteiger partial charge in [0.25, 0.3) is 0 Å². The fourth-order valence-electron chi connectivity index (χ4n) is 3.75. The molecule has 1 aromatic carbocycles. The van der Waals surface area contributed by atoms with E-state index in [2.05, 4.69) is 24.6 Å². The molecule has 0 atom stereocenters. The van der Waals surface area contributed by atoms with Crippen molar-refractivity contribution in [2.24, 2.45) is 0 Å². The summed E-state index contributed by atoms with van der Waals surface area (Å²) in [5.74, 6) is 2.91. The molecular weight excluding hydrogens is 314 g/mol. The highest BCUT2D eigenvalue weighted by molar-refractivity contribution is 5.88. The van der Waals surface area contributed by atoms with Crippen LogP contribution in [-0.2, 0) is 0 Å². The molecule has 5 rings (SSSR count). The number of fused-ring (bicyclic) bond motifs is 1. The van der Waals surface area contributed by atoms with Gasteiger partial charge >= 0.3 is 0 Å². The number of rotatable bonds is 3. The lowest BCUT2D eigenvalue weighted by Crippen LogP contribution is -2.35. The monoisotopic (exact) mass is 335 g/mol. The number of para-hydroxylation sites is 1. The SMILES string of the molecule is Nc1nc(N2CCC(c3nncn3C3CC3)CC2)nc2ccccc12. The van der Waals surface area contributed by atoms with Crippen molar-refractivity contribution in [1.29, 1.82) is 0 Å². The summed E-state index contributed by atoms with van der Waals surface area (Å²) in [4.78, 5) is 11.5. The van der Waals surface area contributed by atoms with E-state index in [4.69, 9.17) is 10.7 Å². The van der Waals surface area contributed by atoms with Crippen molar-refractivity contribution in [2.45, 2.75) is 37.6 Å². The lowest BCUT2D eigenvalue weighted by atomic mass is 9.96. The van der Waals surface area contributed by atoms with Crippen LogP contribution in [-0.4, -0.2) is 37.8 Å². The molecule has 2 aliphatic rings. The number of hydrogen-bond acceptors (Lipinski definition) is 6. The maximum Gasteiger partial charge on any atom is 0.227 e. The van der Waals surface area contributed by atoms with Gasteiger partial charge in [0.05, 0.1) is 5.52 Å². The van der Waals surface area contributed by atoms with E-state index in [1.165, 1.54) is 12.8 Å². The van der Waals surface area contributed by atoms with E-state index in [9.17, 15) is 0 Å². The van der Waals surface area contributed by atoms with Gasteiger partial charge in [-0.25, -0.2) is 4.98 Å². The first-order valence-electron chi connectivity index (χ1n) is 8.96. The molecule has 25 heavy (non-hydrogen) atoms. The Morgan fingerprint density at radius 1 is 1.00 bits per heavy atom. The molecular formula is C18H21N7. The lowest BCUT2D eigenvalue weighted by Gasteiger charge is -2.31. The van der Waals surface area contributed by atoms with Crippen LogP contribution in [0.2, 0.25) is 0 Å². The van der Waals surface area contributed by atoms with Crippen LogP contribution < -0.4 is 10.6 Å². The maximum atomic E-state index is 6.13. The zero-order valence-corrected chi connectivity index (χ0v) is 14.0. The second kappa shape index (κ2) is 5.68. The fraction of sp³-hybridized carbons (Fsp3) is 0.444. The second-order valence-electron chi connectivity index (χ2n) is 7.01. The molecule has 7 nitrogen and oxygen atoms in total. The Labute approximate surface area is 145 Å². The fourth-order valence-corrected chi connectivity index (χ4v) is 3.75. The summed E-state index contributed by atoms with van der Waals surface area (Å²) < 4.78 is 2.28. The van der Waals surface area contributed by atoms with Crippen LogP contribution in [0.25, 0.3) is 10.9 Å². The van der Waals surface area contributed by atoms with Crippen LogP contribution >= 0.6 is 0 Å². The number of nitrogen functional groups attached to an aromatic ring is 1. The van der Waals surface area contributed by atoms with Gasteiger partial charge < -0.3 is 15.2 Å². The summed E-state index contributed by atoms with van der Waals surface area (Å²) in [7, 11) is 0. The largest absolute Gasteiger partial charge is 0.383 e. The number of hydrogen-bond donors (Lipinski definition) is 1. The van der Waals surface area contributed by atoms with Crippen molar-refractivity contribution in [3.05, 3.63) is 36.4 Å². The van der Waals surface area contributed by atoms with Crippen molar-refractivity contribution in [3.63, 3.8) is 0 Å². The van der Waals surface area contributed by atoms with Crippen molar-refractivity contribution in [3.8, 4) is 0 Å². The van der Waals surface area contributed by atoms with Gasteiger partial charge in [0.15, 0.2) is 0 Å². The summed E-state index contributed by atoms with van der Waals surface area (Å²) in [6.07, 6.45) is 6.50. The molecule has 0 radical (unpaired) electrons. The third-order valence-electron chi connectivity index (χ3n) is 5.30. The van der Waals surface area contributed by atoms with Crippen molar-refractivity contribution < 1.29 is 0 Å². The minimum atomic E-state index is 0.470. The average molecular weight is 335 g/mol. The molecule has 7 heteroatoms. The minimum absolute atomic E-state index is 0.470. The first-order valence-corrected chi connectivity index (χ1v) is 8.96. The van der Waals surface area contributed by atoms with Gasteiger partial charge in [-0.2, -0.15) is 4.98 Å². The number of anilines is 2. The molecule has 1 saturated carbocycles. The molecule has 2 aromatic heterocycles. The highest BCUT2D eigenvalue weighted by Crippen LogP contribution is 2.38. The third-order valence-corrected chi connectivity index (χ3v) is 5.30. The van der Waals surface area contributed by atoms with Gasteiger partial charge in [-0.1, -0.05) is 12.1 Å². The summed E-state index contributed by atoms with van der Waals surface area (Å²) in [5, 5.41) is 9.45. The summed E-state index contributed by atoms with van der Waals surface area (Å²) in [6, 6.07) is 8.53. The van der Waals surface area contributed by atoms with Crippen molar-refractivity contribution in [2.75, 3.05) is 23.7 Å². The minimum Gasteiger partial charge on any atom is -0.383 e. The van der Waals surface area contributed by atoms with E-state index in [-0.39, 0.29) is 0 Å². The standard InChI is InChI=1S/C18H21N7/c19-16-14-3-1-2-4-15(14)21-18(22-16)24-9-7-12(8-10-24)17-23-20-11-25(17)13-5-6-13/h1-4,11-13H,5-10H2,(H2,19,21,22). The molecule has 1 saturated heterocycles. The number of nitrogens with zero attached hydrogens (tertiary/aromatic N) is 6. The summed E-state index contributed by atoms with van der Waals surface area (Å²) in [6.45, 7) is 1.83. The zero-order chi connectivity index (χ0) is 16.8. The van der Waals surface area contributed by atoms with Crippen molar-refractivity contribution in [1.82, 2.24) is 24.7 Å². The van der Waals surface area contributed by atoms with E-state index < -0.39 is 0 Å². The quantitative estimate of drug-likeness (QED) is 0.791. The normalized spacial score (nSPS) is 18.8. The molecule has 0 amide bonds. The van der Waals surface area contributed by atoms with Gasteiger partial charge in [-0.15, -0.1) is 10.2 Å². The molecule has 128 valence electrons. The average Bonchev–Trinajstić information content (AvgIpc) is 3.38. The molecule has 2 N–H and O–H groups in total. The summed E-state index contributed by atoms with van der Waals surface area (Å²) in [5.41, 5.74) is 7.03. The maximum absolute atomic E-state index is 6.13. The van der Waals surface area contributed by atoms with E-state index in [0.717, 1.165) is 48.6 Å². The van der Waals surface area contributed by atoms with E-state index in [1.807, 2.05) is 30.6 Å². The van der Waals surface area contributed by atoms with Crippen LogP contribution in [0.5, 0.6) is 0 Å². The summed E-state index contributed by atoms with van der Waals surface area (Å²) >= 11 is 0. The molecule has 3 aromatic rings. The Hall–Kier alpha value is -2.70. The van der Waals surface area contributed by atoms with Gasteiger partial charge in [0, 0.05) is 30.4 Å². The molecule has 2 fully saturated rings. The van der Waals surface area contributed by atoms with Crippen LogP contribution in [0.3, 0.4) is 0 Å². The Morgan fingerprint density at radius 3 is 2.60 bits per heavy atom. The predicted molar refractivity (Wildman–Crippen MR) is 96.4 cm³/mol. The molecule has 0 unspecified atom stereocenters. The number of benzene rings is 1. The highest BCUT2D eigenvalue weighted by Gasteiger charge is 2.31. The zero-order valence-electron chi connectivity index (χ0n) is 14.0.